The Morgan fingerprint density at radius 3 is 2.86 bits per heavy atom. The maximum Gasteiger partial charge on any atom is 0.221 e. The fourth-order valence-corrected chi connectivity index (χ4v) is 4.41. The highest BCUT2D eigenvalue weighted by atomic mass is 127. The zero-order valence-electron chi connectivity index (χ0n) is 15.2. The number of pyridine rings is 1. The normalized spacial score (nSPS) is 12.5. The van der Waals surface area contributed by atoms with Crippen molar-refractivity contribution in [2.45, 2.75) is 12.8 Å². The second-order valence-electron chi connectivity index (χ2n) is 6.67. The second-order valence-corrected chi connectivity index (χ2v) is 8.27. The number of Topliss-reactive ketones (excluding diaryl/α,β-unsaturated/α-hetero) is 1. The standard InChI is InChI=1S/C23H17ClINO2/c1-28-23-22(20(25)7-8-26-23)18-11-15-6-5-14(9-17(15)12-18)10-21(27)16-3-2-4-19(24)13-16/h2-9,11,13H,10,12H2,1H3. The first-order chi connectivity index (χ1) is 13.5. The molecule has 1 heterocycles. The van der Waals surface area contributed by atoms with Crippen LogP contribution >= 0.6 is 34.2 Å². The highest BCUT2D eigenvalue weighted by molar-refractivity contribution is 14.1. The number of allylic oxidation sites excluding steroid dienone is 1. The topological polar surface area (TPSA) is 39.2 Å². The lowest BCUT2D eigenvalue weighted by atomic mass is 9.98. The molecule has 0 radical (unpaired) electrons. The summed E-state index contributed by atoms with van der Waals surface area (Å²) >= 11 is 8.32. The molecule has 0 N–H and O–H groups in total. The molecule has 5 heteroatoms. The molecule has 0 amide bonds. The lowest BCUT2D eigenvalue weighted by Crippen LogP contribution is -2.04. The summed E-state index contributed by atoms with van der Waals surface area (Å²) in [7, 11) is 1.64. The smallest absolute Gasteiger partial charge is 0.221 e. The number of halogens is 2. The first-order valence-electron chi connectivity index (χ1n) is 8.85. The summed E-state index contributed by atoms with van der Waals surface area (Å²) in [5.74, 6) is 0.708. The number of carbonyl (C=O) groups excluding carboxylic acids is 1. The van der Waals surface area contributed by atoms with E-state index in [1.807, 2.05) is 12.1 Å². The third kappa shape index (κ3) is 3.84. The number of fused-ring (bicyclic) bond motifs is 1. The van der Waals surface area contributed by atoms with Crippen LogP contribution in [0.15, 0.2) is 54.7 Å². The van der Waals surface area contributed by atoms with Crippen LogP contribution in [0.4, 0.5) is 0 Å². The number of methoxy groups -OCH3 is 1. The molecule has 28 heavy (non-hydrogen) atoms. The monoisotopic (exact) mass is 501 g/mol. The molecule has 0 aliphatic heterocycles. The van der Waals surface area contributed by atoms with Gasteiger partial charge in [-0.2, -0.15) is 0 Å². The van der Waals surface area contributed by atoms with Gasteiger partial charge in [-0.1, -0.05) is 48.0 Å². The van der Waals surface area contributed by atoms with Crippen molar-refractivity contribution in [2.75, 3.05) is 7.11 Å². The average Bonchev–Trinajstić information content (AvgIpc) is 3.10. The number of nitrogens with zero attached hydrogens (tertiary/aromatic N) is 1. The molecule has 2 aromatic carbocycles. The summed E-state index contributed by atoms with van der Waals surface area (Å²) in [6, 6.07) is 15.3. The van der Waals surface area contributed by atoms with Gasteiger partial charge in [0, 0.05) is 26.8 Å². The number of ether oxygens (including phenoxy) is 1. The van der Waals surface area contributed by atoms with Crippen LogP contribution in [0.1, 0.15) is 32.6 Å². The third-order valence-corrected chi connectivity index (χ3v) is 5.94. The van der Waals surface area contributed by atoms with Gasteiger partial charge in [0.25, 0.3) is 0 Å². The van der Waals surface area contributed by atoms with E-state index in [1.165, 1.54) is 16.7 Å². The summed E-state index contributed by atoms with van der Waals surface area (Å²) < 4.78 is 6.57. The minimum absolute atomic E-state index is 0.0668. The van der Waals surface area contributed by atoms with Crippen molar-refractivity contribution in [1.29, 1.82) is 0 Å². The Morgan fingerprint density at radius 2 is 2.07 bits per heavy atom. The highest BCUT2D eigenvalue weighted by Crippen LogP contribution is 2.37. The van der Waals surface area contributed by atoms with Crippen molar-refractivity contribution in [2.24, 2.45) is 0 Å². The summed E-state index contributed by atoms with van der Waals surface area (Å²) in [5, 5.41) is 0.577. The molecule has 1 aliphatic rings. The van der Waals surface area contributed by atoms with Crippen LogP contribution in [0.2, 0.25) is 5.02 Å². The third-order valence-electron chi connectivity index (χ3n) is 4.81. The van der Waals surface area contributed by atoms with Crippen molar-refractivity contribution in [1.82, 2.24) is 4.98 Å². The van der Waals surface area contributed by atoms with Gasteiger partial charge >= 0.3 is 0 Å². The molecule has 0 bridgehead atoms. The van der Waals surface area contributed by atoms with E-state index in [9.17, 15) is 4.79 Å². The van der Waals surface area contributed by atoms with E-state index < -0.39 is 0 Å². The van der Waals surface area contributed by atoms with Gasteiger partial charge in [0.05, 0.1) is 12.7 Å². The predicted molar refractivity (Wildman–Crippen MR) is 121 cm³/mol. The number of rotatable bonds is 5. The molecule has 0 fully saturated rings. The molecule has 140 valence electrons. The van der Waals surface area contributed by atoms with Crippen LogP contribution in [-0.2, 0) is 12.8 Å². The number of hydrogen-bond acceptors (Lipinski definition) is 3. The molecular formula is C23H17ClINO2. The summed E-state index contributed by atoms with van der Waals surface area (Å²) in [6.45, 7) is 0. The van der Waals surface area contributed by atoms with Gasteiger partial charge in [-0.3, -0.25) is 4.79 Å². The van der Waals surface area contributed by atoms with Gasteiger partial charge in [0.1, 0.15) is 0 Å². The van der Waals surface area contributed by atoms with Crippen LogP contribution in [-0.4, -0.2) is 17.9 Å². The number of ketones is 1. The lowest BCUT2D eigenvalue weighted by molar-refractivity contribution is 0.0993. The number of hydrogen-bond donors (Lipinski definition) is 0. The van der Waals surface area contributed by atoms with E-state index >= 15 is 0 Å². The minimum atomic E-state index is 0.0668. The van der Waals surface area contributed by atoms with E-state index in [1.54, 1.807) is 37.6 Å². The maximum atomic E-state index is 12.6. The Balaban J connectivity index is 1.57. The molecule has 0 spiro atoms. The fourth-order valence-electron chi connectivity index (χ4n) is 3.48. The van der Waals surface area contributed by atoms with Crippen LogP contribution < -0.4 is 4.74 Å². The molecule has 3 nitrogen and oxygen atoms in total. The average molecular weight is 502 g/mol. The zero-order valence-corrected chi connectivity index (χ0v) is 18.1. The Labute approximate surface area is 182 Å². The first kappa shape index (κ1) is 19.2. The van der Waals surface area contributed by atoms with Crippen LogP contribution in [0.25, 0.3) is 11.6 Å². The fraction of sp³-hybridized carbons (Fsp3) is 0.130. The van der Waals surface area contributed by atoms with Crippen LogP contribution in [0.3, 0.4) is 0 Å². The largest absolute Gasteiger partial charge is 0.481 e. The van der Waals surface area contributed by atoms with E-state index in [0.29, 0.717) is 22.9 Å². The Bertz CT molecular complexity index is 1110. The van der Waals surface area contributed by atoms with Crippen LogP contribution in [0, 0.1) is 3.57 Å². The zero-order chi connectivity index (χ0) is 19.7. The predicted octanol–water partition coefficient (Wildman–Crippen LogP) is 5.87. The first-order valence-corrected chi connectivity index (χ1v) is 10.3. The van der Waals surface area contributed by atoms with Crippen molar-refractivity contribution < 1.29 is 9.53 Å². The summed E-state index contributed by atoms with van der Waals surface area (Å²) in [4.78, 5) is 16.9. The second kappa shape index (κ2) is 8.05. The molecule has 3 aromatic rings. The van der Waals surface area contributed by atoms with Gasteiger partial charge in [-0.05, 0) is 69.5 Å². The van der Waals surface area contributed by atoms with Crippen molar-refractivity contribution in [3.8, 4) is 5.88 Å². The van der Waals surface area contributed by atoms with Gasteiger partial charge in [-0.25, -0.2) is 4.98 Å². The van der Waals surface area contributed by atoms with E-state index in [-0.39, 0.29) is 5.78 Å². The minimum Gasteiger partial charge on any atom is -0.481 e. The molecule has 0 atom stereocenters. The Kier molecular flexibility index (Phi) is 5.51. The lowest BCUT2D eigenvalue weighted by Gasteiger charge is -2.10. The van der Waals surface area contributed by atoms with Gasteiger partial charge in [0.15, 0.2) is 5.78 Å². The molecule has 0 saturated heterocycles. The van der Waals surface area contributed by atoms with Crippen LogP contribution in [0.5, 0.6) is 5.88 Å². The van der Waals surface area contributed by atoms with Crippen molar-refractivity contribution in [3.05, 3.63) is 91.1 Å². The number of aromatic nitrogens is 1. The molecule has 1 aromatic heterocycles. The Hall–Kier alpha value is -2.18. The summed E-state index contributed by atoms with van der Waals surface area (Å²) in [6.07, 6.45) is 5.09. The molecular weight excluding hydrogens is 485 g/mol. The Morgan fingerprint density at radius 1 is 1.21 bits per heavy atom. The highest BCUT2D eigenvalue weighted by Gasteiger charge is 2.21. The van der Waals surface area contributed by atoms with Gasteiger partial charge in [0.2, 0.25) is 5.88 Å². The molecule has 4 rings (SSSR count). The SMILES string of the molecule is COc1nccc(I)c1C1=Cc2ccc(CC(=O)c3cccc(Cl)c3)cc2C1. The van der Waals surface area contributed by atoms with Crippen molar-refractivity contribution in [3.63, 3.8) is 0 Å². The maximum absolute atomic E-state index is 12.6. The van der Waals surface area contributed by atoms with E-state index in [4.69, 9.17) is 16.3 Å². The molecule has 1 aliphatic carbocycles. The quantitative estimate of drug-likeness (QED) is 0.324. The van der Waals surface area contributed by atoms with Crippen molar-refractivity contribution >= 4 is 51.6 Å². The van der Waals surface area contributed by atoms with E-state index in [2.05, 4.69) is 45.8 Å². The molecule has 0 saturated carbocycles. The van der Waals surface area contributed by atoms with E-state index in [0.717, 1.165) is 21.1 Å². The molecule has 0 unspecified atom stereocenters. The van der Waals surface area contributed by atoms with Gasteiger partial charge < -0.3 is 4.74 Å². The number of carbonyl (C=O) groups is 1. The van der Waals surface area contributed by atoms with Gasteiger partial charge in [-0.15, -0.1) is 0 Å². The summed E-state index contributed by atoms with van der Waals surface area (Å²) in [5.41, 5.74) is 6.26. The number of benzene rings is 2.